The molecule has 1 saturated heterocycles. The van der Waals surface area contributed by atoms with Gasteiger partial charge in [-0.05, 0) is 19.3 Å². The average Bonchev–Trinajstić information content (AvgIpc) is 3.10. The summed E-state index contributed by atoms with van der Waals surface area (Å²) in [5, 5.41) is 4.20. The molecule has 2 N–H and O–H groups in total. The van der Waals surface area contributed by atoms with Crippen molar-refractivity contribution >= 4 is 11.9 Å². The maximum absolute atomic E-state index is 5.74. The third kappa shape index (κ3) is 3.21. The highest BCUT2D eigenvalue weighted by Crippen LogP contribution is 2.22. The van der Waals surface area contributed by atoms with Crippen molar-refractivity contribution in [3.63, 3.8) is 0 Å². The van der Waals surface area contributed by atoms with Crippen LogP contribution in [0.15, 0.2) is 12.4 Å². The highest BCUT2D eigenvalue weighted by molar-refractivity contribution is 5.37. The second-order valence-corrected chi connectivity index (χ2v) is 5.01. The molecule has 0 radical (unpaired) electrons. The summed E-state index contributed by atoms with van der Waals surface area (Å²) in [6.45, 7) is 4.83. The molecule has 1 aliphatic heterocycles. The minimum absolute atomic E-state index is 0.169. The zero-order valence-corrected chi connectivity index (χ0v) is 12.1. The Morgan fingerprint density at radius 1 is 1.24 bits per heavy atom. The van der Waals surface area contributed by atoms with E-state index in [0.29, 0.717) is 11.7 Å². The molecule has 0 spiro atoms. The number of anilines is 2. The summed E-state index contributed by atoms with van der Waals surface area (Å²) < 4.78 is 7.45. The maximum Gasteiger partial charge on any atom is 0.328 e. The molecule has 0 saturated carbocycles. The van der Waals surface area contributed by atoms with Crippen LogP contribution in [0.4, 0.5) is 11.9 Å². The van der Waals surface area contributed by atoms with E-state index < -0.39 is 0 Å². The molecule has 2 aromatic heterocycles. The van der Waals surface area contributed by atoms with Gasteiger partial charge in [-0.3, -0.25) is 4.68 Å². The minimum Gasteiger partial charge on any atom is -0.421 e. The number of nitrogen functional groups attached to an aromatic ring is 1. The molecule has 0 atom stereocenters. The third-order valence-corrected chi connectivity index (χ3v) is 3.28. The van der Waals surface area contributed by atoms with Crippen molar-refractivity contribution in [1.82, 2.24) is 24.7 Å². The highest BCUT2D eigenvalue weighted by atomic mass is 16.5. The van der Waals surface area contributed by atoms with Crippen molar-refractivity contribution in [3.05, 3.63) is 12.4 Å². The van der Waals surface area contributed by atoms with Crippen LogP contribution in [-0.4, -0.2) is 37.8 Å². The molecule has 0 amide bonds. The summed E-state index contributed by atoms with van der Waals surface area (Å²) in [7, 11) is 0. The van der Waals surface area contributed by atoms with Crippen LogP contribution in [0.5, 0.6) is 11.8 Å². The van der Waals surface area contributed by atoms with E-state index in [1.807, 2.05) is 10.9 Å². The lowest BCUT2D eigenvalue weighted by Crippen LogP contribution is -2.21. The fraction of sp³-hybridized carbons (Fsp3) is 0.538. The van der Waals surface area contributed by atoms with Crippen molar-refractivity contribution < 1.29 is 4.74 Å². The lowest BCUT2D eigenvalue weighted by Gasteiger charge is -2.15. The molecule has 0 unspecified atom stereocenters. The molecule has 8 heteroatoms. The molecule has 1 aliphatic rings. The first-order valence-electron chi connectivity index (χ1n) is 7.21. The normalized spacial score (nSPS) is 14.6. The van der Waals surface area contributed by atoms with Crippen LogP contribution in [0.1, 0.15) is 26.2 Å². The van der Waals surface area contributed by atoms with Gasteiger partial charge in [0.25, 0.3) is 0 Å². The van der Waals surface area contributed by atoms with Crippen molar-refractivity contribution in [2.75, 3.05) is 23.7 Å². The van der Waals surface area contributed by atoms with Gasteiger partial charge in [0.05, 0.1) is 12.4 Å². The number of aryl methyl sites for hydroxylation is 1. The predicted molar refractivity (Wildman–Crippen MR) is 78.3 cm³/mol. The minimum atomic E-state index is 0.169. The molecular weight excluding hydrogens is 270 g/mol. The summed E-state index contributed by atoms with van der Waals surface area (Å²) in [5.74, 6) is 1.35. The molecule has 3 heterocycles. The van der Waals surface area contributed by atoms with Crippen molar-refractivity contribution in [1.29, 1.82) is 0 Å². The van der Waals surface area contributed by atoms with E-state index in [2.05, 4.69) is 31.9 Å². The van der Waals surface area contributed by atoms with Crippen LogP contribution in [0.2, 0.25) is 0 Å². The maximum atomic E-state index is 5.74. The number of rotatable bonds is 5. The van der Waals surface area contributed by atoms with Gasteiger partial charge >= 0.3 is 6.01 Å². The van der Waals surface area contributed by atoms with Gasteiger partial charge in [-0.2, -0.15) is 20.1 Å². The molecule has 112 valence electrons. The van der Waals surface area contributed by atoms with E-state index in [1.165, 1.54) is 0 Å². The van der Waals surface area contributed by atoms with Crippen LogP contribution in [0, 0.1) is 0 Å². The summed E-state index contributed by atoms with van der Waals surface area (Å²) >= 11 is 0. The van der Waals surface area contributed by atoms with Crippen LogP contribution >= 0.6 is 0 Å². The molecule has 3 rings (SSSR count). The van der Waals surface area contributed by atoms with Gasteiger partial charge in [-0.15, -0.1) is 0 Å². The Morgan fingerprint density at radius 2 is 2.05 bits per heavy atom. The number of ether oxygens (including phenoxy) is 1. The van der Waals surface area contributed by atoms with E-state index in [0.717, 1.165) is 38.9 Å². The zero-order chi connectivity index (χ0) is 14.7. The fourth-order valence-corrected chi connectivity index (χ4v) is 2.32. The van der Waals surface area contributed by atoms with E-state index in [4.69, 9.17) is 10.5 Å². The average molecular weight is 289 g/mol. The number of hydrogen-bond donors (Lipinski definition) is 1. The Labute approximate surface area is 123 Å². The number of nitrogens with two attached hydrogens (primary N) is 1. The first-order valence-corrected chi connectivity index (χ1v) is 7.21. The van der Waals surface area contributed by atoms with Crippen molar-refractivity contribution in [2.45, 2.75) is 32.7 Å². The summed E-state index contributed by atoms with van der Waals surface area (Å²) in [6, 6.07) is 0.209. The largest absolute Gasteiger partial charge is 0.421 e. The lowest BCUT2D eigenvalue weighted by atomic mass is 10.4. The van der Waals surface area contributed by atoms with Gasteiger partial charge in [-0.1, -0.05) is 6.92 Å². The van der Waals surface area contributed by atoms with Gasteiger partial charge in [-0.25, -0.2) is 0 Å². The molecule has 2 aromatic rings. The number of aromatic nitrogens is 5. The Balaban J connectivity index is 1.77. The molecule has 0 bridgehead atoms. The Bertz CT molecular complexity index is 606. The van der Waals surface area contributed by atoms with Crippen molar-refractivity contribution in [2.24, 2.45) is 0 Å². The summed E-state index contributed by atoms with van der Waals surface area (Å²) in [6.07, 6.45) is 6.76. The van der Waals surface area contributed by atoms with Gasteiger partial charge < -0.3 is 15.4 Å². The van der Waals surface area contributed by atoms with Crippen LogP contribution in [0.3, 0.4) is 0 Å². The van der Waals surface area contributed by atoms with Gasteiger partial charge in [0.1, 0.15) is 0 Å². The fourth-order valence-electron chi connectivity index (χ4n) is 2.32. The molecule has 0 aromatic carbocycles. The first-order chi connectivity index (χ1) is 10.2. The smallest absolute Gasteiger partial charge is 0.328 e. The Kier molecular flexibility index (Phi) is 3.85. The summed E-state index contributed by atoms with van der Waals surface area (Å²) in [4.78, 5) is 14.6. The Morgan fingerprint density at radius 3 is 2.81 bits per heavy atom. The quantitative estimate of drug-likeness (QED) is 0.890. The third-order valence-electron chi connectivity index (χ3n) is 3.28. The molecule has 21 heavy (non-hydrogen) atoms. The van der Waals surface area contributed by atoms with Gasteiger partial charge in [0, 0.05) is 19.6 Å². The standard InChI is InChI=1S/C13H19N7O/c1-2-5-20-9-10(8-15-20)21-13-17-11(14)16-12(18-13)19-6-3-4-7-19/h8-9H,2-7H2,1H3,(H2,14,16,17,18). The van der Waals surface area contributed by atoms with Gasteiger partial charge in [0.15, 0.2) is 5.75 Å². The monoisotopic (exact) mass is 289 g/mol. The van der Waals surface area contributed by atoms with E-state index in [1.54, 1.807) is 6.20 Å². The van der Waals surface area contributed by atoms with Crippen LogP contribution in [0.25, 0.3) is 0 Å². The molecule has 0 aliphatic carbocycles. The molecule has 1 fully saturated rings. The first kappa shape index (κ1) is 13.6. The second-order valence-electron chi connectivity index (χ2n) is 5.01. The van der Waals surface area contributed by atoms with E-state index >= 15 is 0 Å². The topological polar surface area (TPSA) is 95.0 Å². The van der Waals surface area contributed by atoms with Crippen LogP contribution < -0.4 is 15.4 Å². The molecular formula is C13H19N7O. The second kappa shape index (κ2) is 5.94. The van der Waals surface area contributed by atoms with Crippen LogP contribution in [-0.2, 0) is 6.54 Å². The van der Waals surface area contributed by atoms with Gasteiger partial charge in [0.2, 0.25) is 11.9 Å². The molecule has 8 nitrogen and oxygen atoms in total. The predicted octanol–water partition coefficient (Wildman–Crippen LogP) is 1.45. The van der Waals surface area contributed by atoms with E-state index in [9.17, 15) is 0 Å². The highest BCUT2D eigenvalue weighted by Gasteiger charge is 2.17. The SMILES string of the molecule is CCCn1cc(Oc2nc(N)nc(N3CCCC3)n2)cn1. The summed E-state index contributed by atoms with van der Waals surface area (Å²) in [5.41, 5.74) is 5.74. The zero-order valence-electron chi connectivity index (χ0n) is 12.1. The van der Waals surface area contributed by atoms with Crippen molar-refractivity contribution in [3.8, 4) is 11.8 Å². The Hall–Kier alpha value is -2.38. The number of nitrogens with zero attached hydrogens (tertiary/aromatic N) is 6. The van der Waals surface area contributed by atoms with E-state index in [-0.39, 0.29) is 12.0 Å². The number of hydrogen-bond acceptors (Lipinski definition) is 7. The lowest BCUT2D eigenvalue weighted by molar-refractivity contribution is 0.439.